The molecule has 0 unspecified atom stereocenters. The molecule has 1 aromatic rings. The smallest absolute Gasteiger partial charge is 0.225 e. The van der Waals surface area contributed by atoms with Crippen molar-refractivity contribution in [2.24, 2.45) is 0 Å². The largest absolute Gasteiger partial charge is 0.497 e. The lowest BCUT2D eigenvalue weighted by Gasteiger charge is -2.07. The normalized spacial score (nSPS) is 9.80. The Hall–Kier alpha value is -0.740. The number of carbonyl (C=O) groups excluding carboxylic acids is 1. The highest BCUT2D eigenvalue weighted by atomic mass is 79.9. The number of carbonyl (C=O) groups is 1. The Morgan fingerprint density at radius 3 is 2.87 bits per heavy atom. The van der Waals surface area contributed by atoms with Crippen LogP contribution in [0.3, 0.4) is 0 Å². The summed E-state index contributed by atoms with van der Waals surface area (Å²) >= 11 is 8.78. The molecule has 0 saturated carbocycles. The molecule has 0 aliphatic rings. The summed E-state index contributed by atoms with van der Waals surface area (Å²) < 4.78 is 5.92. The minimum atomic E-state index is -0.106. The van der Waals surface area contributed by atoms with Gasteiger partial charge in [0.25, 0.3) is 0 Å². The number of nitrogens with one attached hydrogen (secondary N) is 1. The Morgan fingerprint density at radius 2 is 2.27 bits per heavy atom. The maximum atomic E-state index is 11.3. The van der Waals surface area contributed by atoms with Crippen LogP contribution in [0.5, 0.6) is 5.75 Å². The van der Waals surface area contributed by atoms with Crippen LogP contribution in [0.25, 0.3) is 0 Å². The minimum absolute atomic E-state index is 0.106. The maximum absolute atomic E-state index is 11.3. The van der Waals surface area contributed by atoms with Gasteiger partial charge < -0.3 is 10.1 Å². The standard InChI is InChI=1S/C10H11BrClNO2/c1-15-9-5-7(11)4-8(6-9)13-10(14)2-3-12/h4-6H,2-3H2,1H3,(H,13,14). The zero-order valence-corrected chi connectivity index (χ0v) is 10.6. The van der Waals surface area contributed by atoms with Crippen molar-refractivity contribution in [1.82, 2.24) is 0 Å². The minimum Gasteiger partial charge on any atom is -0.497 e. The molecule has 1 rings (SSSR count). The zero-order valence-electron chi connectivity index (χ0n) is 8.22. The first-order valence-corrected chi connectivity index (χ1v) is 5.69. The maximum Gasteiger partial charge on any atom is 0.225 e. The van der Waals surface area contributed by atoms with E-state index >= 15 is 0 Å². The van der Waals surface area contributed by atoms with E-state index in [4.69, 9.17) is 16.3 Å². The van der Waals surface area contributed by atoms with Gasteiger partial charge in [0.15, 0.2) is 0 Å². The average Bonchev–Trinajstić information content (AvgIpc) is 2.17. The Labute approximate surface area is 102 Å². The highest BCUT2D eigenvalue weighted by molar-refractivity contribution is 9.10. The number of alkyl halides is 1. The van der Waals surface area contributed by atoms with Crippen LogP contribution in [-0.2, 0) is 4.79 Å². The molecule has 1 N–H and O–H groups in total. The van der Waals surface area contributed by atoms with Gasteiger partial charge in [0.05, 0.1) is 7.11 Å². The van der Waals surface area contributed by atoms with E-state index in [1.807, 2.05) is 6.07 Å². The highest BCUT2D eigenvalue weighted by Gasteiger charge is 2.03. The van der Waals surface area contributed by atoms with Crippen LogP contribution in [0.2, 0.25) is 0 Å². The van der Waals surface area contributed by atoms with Crippen LogP contribution in [0.15, 0.2) is 22.7 Å². The summed E-state index contributed by atoms with van der Waals surface area (Å²) in [5.41, 5.74) is 0.691. The Kier molecular flexibility index (Phi) is 4.91. The number of ether oxygens (including phenoxy) is 1. The van der Waals surface area contributed by atoms with E-state index in [2.05, 4.69) is 21.2 Å². The molecule has 0 fully saturated rings. The first kappa shape index (κ1) is 12.3. The Morgan fingerprint density at radius 1 is 1.53 bits per heavy atom. The molecule has 0 spiro atoms. The molecule has 15 heavy (non-hydrogen) atoms. The fourth-order valence-corrected chi connectivity index (χ4v) is 1.71. The molecule has 1 aromatic carbocycles. The third kappa shape index (κ3) is 4.10. The van der Waals surface area contributed by atoms with Crippen molar-refractivity contribution in [2.45, 2.75) is 6.42 Å². The quantitative estimate of drug-likeness (QED) is 0.866. The second-order valence-electron chi connectivity index (χ2n) is 2.87. The molecule has 0 radical (unpaired) electrons. The van der Waals surface area contributed by atoms with Gasteiger partial charge in [-0.05, 0) is 12.1 Å². The summed E-state index contributed by atoms with van der Waals surface area (Å²) in [6, 6.07) is 5.36. The SMILES string of the molecule is COc1cc(Br)cc(NC(=O)CCCl)c1. The van der Waals surface area contributed by atoms with Crippen molar-refractivity contribution in [3.05, 3.63) is 22.7 Å². The van der Waals surface area contributed by atoms with Crippen molar-refractivity contribution in [2.75, 3.05) is 18.3 Å². The predicted octanol–water partition coefficient (Wildman–Crippen LogP) is 3.03. The lowest BCUT2D eigenvalue weighted by atomic mass is 10.3. The summed E-state index contributed by atoms with van der Waals surface area (Å²) in [5, 5.41) is 2.72. The first-order valence-electron chi connectivity index (χ1n) is 4.36. The van der Waals surface area contributed by atoms with Crippen molar-refractivity contribution in [1.29, 1.82) is 0 Å². The van der Waals surface area contributed by atoms with E-state index in [1.165, 1.54) is 0 Å². The van der Waals surface area contributed by atoms with E-state index in [0.29, 0.717) is 23.7 Å². The van der Waals surface area contributed by atoms with Crippen molar-refractivity contribution >= 4 is 39.1 Å². The molecule has 0 saturated heterocycles. The molecule has 0 aromatic heterocycles. The summed E-state index contributed by atoms with van der Waals surface area (Å²) in [6.45, 7) is 0. The van der Waals surface area contributed by atoms with Crippen molar-refractivity contribution in [3.63, 3.8) is 0 Å². The van der Waals surface area contributed by atoms with Crippen LogP contribution in [0, 0.1) is 0 Å². The highest BCUT2D eigenvalue weighted by Crippen LogP contribution is 2.24. The summed E-state index contributed by atoms with van der Waals surface area (Å²) in [6.07, 6.45) is 0.302. The number of halogens is 2. The van der Waals surface area contributed by atoms with E-state index in [0.717, 1.165) is 4.47 Å². The van der Waals surface area contributed by atoms with Gasteiger partial charge in [0.1, 0.15) is 5.75 Å². The molecule has 0 atom stereocenters. The number of benzene rings is 1. The molecule has 3 nitrogen and oxygen atoms in total. The van der Waals surface area contributed by atoms with Gasteiger partial charge in [-0.15, -0.1) is 11.6 Å². The number of rotatable bonds is 4. The van der Waals surface area contributed by atoms with Crippen LogP contribution in [0.1, 0.15) is 6.42 Å². The third-order valence-electron chi connectivity index (χ3n) is 1.71. The van der Waals surface area contributed by atoms with E-state index in [-0.39, 0.29) is 5.91 Å². The zero-order chi connectivity index (χ0) is 11.3. The second kappa shape index (κ2) is 5.98. The van der Waals surface area contributed by atoms with Crippen LogP contribution in [0.4, 0.5) is 5.69 Å². The fraction of sp³-hybridized carbons (Fsp3) is 0.300. The van der Waals surface area contributed by atoms with Gasteiger partial charge >= 0.3 is 0 Å². The van der Waals surface area contributed by atoms with E-state index in [1.54, 1.807) is 19.2 Å². The molecule has 0 heterocycles. The van der Waals surface area contributed by atoms with Gasteiger partial charge in [0, 0.05) is 28.5 Å². The second-order valence-corrected chi connectivity index (χ2v) is 4.16. The fourth-order valence-electron chi connectivity index (χ4n) is 1.06. The van der Waals surface area contributed by atoms with Crippen molar-refractivity contribution < 1.29 is 9.53 Å². The average molecular weight is 293 g/mol. The summed E-state index contributed by atoms with van der Waals surface area (Å²) in [5.74, 6) is 0.896. The molecule has 82 valence electrons. The summed E-state index contributed by atoms with van der Waals surface area (Å²) in [7, 11) is 1.58. The van der Waals surface area contributed by atoms with Gasteiger partial charge in [-0.1, -0.05) is 15.9 Å². The number of anilines is 1. The molecule has 0 aliphatic carbocycles. The lowest BCUT2D eigenvalue weighted by Crippen LogP contribution is -2.11. The van der Waals surface area contributed by atoms with Crippen LogP contribution < -0.4 is 10.1 Å². The van der Waals surface area contributed by atoms with Gasteiger partial charge in [-0.25, -0.2) is 0 Å². The van der Waals surface area contributed by atoms with E-state index < -0.39 is 0 Å². The number of methoxy groups -OCH3 is 1. The first-order chi connectivity index (χ1) is 7.15. The monoisotopic (exact) mass is 291 g/mol. The third-order valence-corrected chi connectivity index (χ3v) is 2.36. The molecular formula is C10H11BrClNO2. The summed E-state index contributed by atoms with van der Waals surface area (Å²) in [4.78, 5) is 11.3. The van der Waals surface area contributed by atoms with Crippen molar-refractivity contribution in [3.8, 4) is 5.75 Å². The molecule has 5 heteroatoms. The predicted molar refractivity (Wildman–Crippen MR) is 64.7 cm³/mol. The number of hydrogen-bond acceptors (Lipinski definition) is 2. The van der Waals surface area contributed by atoms with Gasteiger partial charge in [-0.3, -0.25) is 4.79 Å². The molecule has 1 amide bonds. The lowest BCUT2D eigenvalue weighted by molar-refractivity contribution is -0.115. The molecule has 0 bridgehead atoms. The topological polar surface area (TPSA) is 38.3 Å². The molecular weight excluding hydrogens is 281 g/mol. The molecule has 0 aliphatic heterocycles. The Balaban J connectivity index is 2.76. The van der Waals surface area contributed by atoms with E-state index in [9.17, 15) is 4.79 Å². The van der Waals surface area contributed by atoms with Gasteiger partial charge in [-0.2, -0.15) is 0 Å². The van der Waals surface area contributed by atoms with Crippen LogP contribution >= 0.6 is 27.5 Å². The number of amides is 1. The number of hydrogen-bond donors (Lipinski definition) is 1. The van der Waals surface area contributed by atoms with Crippen LogP contribution in [-0.4, -0.2) is 18.9 Å². The van der Waals surface area contributed by atoms with Gasteiger partial charge in [0.2, 0.25) is 5.91 Å². The Bertz CT molecular complexity index is 357.